The quantitative estimate of drug-likeness (QED) is 0.871. The molecule has 0 radical (unpaired) electrons. The lowest BCUT2D eigenvalue weighted by Gasteiger charge is -2.21. The zero-order valence-corrected chi connectivity index (χ0v) is 11.6. The molecule has 2 rings (SSSR count). The van der Waals surface area contributed by atoms with Gasteiger partial charge >= 0.3 is 0 Å². The van der Waals surface area contributed by atoms with E-state index in [4.69, 9.17) is 0 Å². The summed E-state index contributed by atoms with van der Waals surface area (Å²) in [7, 11) is 0. The summed E-state index contributed by atoms with van der Waals surface area (Å²) >= 11 is 3.39. The Balaban J connectivity index is 2.02. The van der Waals surface area contributed by atoms with Crippen LogP contribution in [-0.2, 0) is 4.79 Å². The highest BCUT2D eigenvalue weighted by Crippen LogP contribution is 2.18. The highest BCUT2D eigenvalue weighted by Gasteiger charge is 2.26. The summed E-state index contributed by atoms with van der Waals surface area (Å²) in [4.78, 5) is 13.7. The normalized spacial score (nSPS) is 19.7. The minimum absolute atomic E-state index is 0.00957. The zero-order valence-electron chi connectivity index (χ0n) is 10.1. The van der Waals surface area contributed by atoms with Crippen LogP contribution in [0.5, 0.6) is 0 Å². The summed E-state index contributed by atoms with van der Waals surface area (Å²) in [6.07, 6.45) is 5.25. The Bertz CT molecular complexity index is 459. The lowest BCUT2D eigenvalue weighted by Crippen LogP contribution is -2.36. The topological polar surface area (TPSA) is 40.5 Å². The van der Waals surface area contributed by atoms with Crippen LogP contribution in [0.15, 0.2) is 34.8 Å². The number of benzene rings is 1. The molecule has 1 N–H and O–H groups in total. The van der Waals surface area contributed by atoms with E-state index >= 15 is 0 Å². The largest absolute Gasteiger partial charge is 0.394 e. The van der Waals surface area contributed by atoms with Gasteiger partial charge in [-0.3, -0.25) is 4.79 Å². The van der Waals surface area contributed by atoms with Gasteiger partial charge in [-0.05, 0) is 36.6 Å². The molecule has 0 aliphatic carbocycles. The molecule has 1 aromatic rings. The maximum Gasteiger partial charge on any atom is 0.246 e. The van der Waals surface area contributed by atoms with Gasteiger partial charge < -0.3 is 10.0 Å². The fourth-order valence-electron chi connectivity index (χ4n) is 2.19. The second-order valence-corrected chi connectivity index (χ2v) is 5.31. The van der Waals surface area contributed by atoms with Crippen molar-refractivity contribution in [2.75, 3.05) is 13.2 Å². The summed E-state index contributed by atoms with van der Waals surface area (Å²) in [6, 6.07) is 7.77. The third kappa shape index (κ3) is 3.21. The Hall–Kier alpha value is -1.13. The van der Waals surface area contributed by atoms with E-state index < -0.39 is 0 Å². The van der Waals surface area contributed by atoms with Gasteiger partial charge in [0.1, 0.15) is 0 Å². The van der Waals surface area contributed by atoms with Crippen molar-refractivity contribution in [3.8, 4) is 0 Å². The summed E-state index contributed by atoms with van der Waals surface area (Å²) in [6.45, 7) is 0.795. The van der Waals surface area contributed by atoms with Crippen molar-refractivity contribution in [1.29, 1.82) is 0 Å². The number of aliphatic hydroxyl groups is 1. The molecule has 18 heavy (non-hydrogen) atoms. The van der Waals surface area contributed by atoms with Crippen molar-refractivity contribution in [3.63, 3.8) is 0 Å². The molecule has 0 spiro atoms. The Morgan fingerprint density at radius 1 is 1.56 bits per heavy atom. The van der Waals surface area contributed by atoms with E-state index in [1.165, 1.54) is 0 Å². The molecular formula is C14H16BrNO2. The second-order valence-electron chi connectivity index (χ2n) is 4.40. The van der Waals surface area contributed by atoms with E-state index in [9.17, 15) is 9.90 Å². The smallest absolute Gasteiger partial charge is 0.246 e. The summed E-state index contributed by atoms with van der Waals surface area (Å²) < 4.78 is 0.992. The van der Waals surface area contributed by atoms with Crippen molar-refractivity contribution >= 4 is 27.9 Å². The molecule has 1 aromatic carbocycles. The Morgan fingerprint density at radius 2 is 2.39 bits per heavy atom. The predicted molar refractivity (Wildman–Crippen MR) is 75.0 cm³/mol. The van der Waals surface area contributed by atoms with E-state index in [0.717, 1.165) is 29.4 Å². The minimum Gasteiger partial charge on any atom is -0.394 e. The van der Waals surface area contributed by atoms with Gasteiger partial charge in [0.05, 0.1) is 12.6 Å². The molecule has 96 valence electrons. The summed E-state index contributed by atoms with van der Waals surface area (Å²) in [5.74, 6) is -0.0217. The minimum atomic E-state index is -0.0217. The van der Waals surface area contributed by atoms with Crippen molar-refractivity contribution in [2.45, 2.75) is 18.9 Å². The first-order chi connectivity index (χ1) is 8.70. The van der Waals surface area contributed by atoms with E-state index in [2.05, 4.69) is 15.9 Å². The van der Waals surface area contributed by atoms with Crippen LogP contribution in [-0.4, -0.2) is 35.1 Å². The van der Waals surface area contributed by atoms with Gasteiger partial charge in [0.15, 0.2) is 0 Å². The monoisotopic (exact) mass is 309 g/mol. The Kier molecular flexibility index (Phi) is 4.55. The van der Waals surface area contributed by atoms with Gasteiger partial charge in [0.25, 0.3) is 0 Å². The lowest BCUT2D eigenvalue weighted by atomic mass is 10.2. The Labute approximate surface area is 115 Å². The van der Waals surface area contributed by atoms with Crippen LogP contribution in [0.25, 0.3) is 6.08 Å². The highest BCUT2D eigenvalue weighted by atomic mass is 79.9. The van der Waals surface area contributed by atoms with Crippen LogP contribution in [0, 0.1) is 0 Å². The number of likely N-dealkylation sites (tertiary alicyclic amines) is 1. The maximum atomic E-state index is 12.0. The number of carbonyl (C=O) groups excluding carboxylic acids is 1. The first kappa shape index (κ1) is 13.3. The van der Waals surface area contributed by atoms with Crippen molar-refractivity contribution < 1.29 is 9.90 Å². The van der Waals surface area contributed by atoms with Crippen molar-refractivity contribution in [2.24, 2.45) is 0 Å². The number of hydrogen-bond acceptors (Lipinski definition) is 2. The molecule has 1 aliphatic rings. The fourth-order valence-corrected chi connectivity index (χ4v) is 2.61. The van der Waals surface area contributed by atoms with Crippen LogP contribution in [0.1, 0.15) is 18.4 Å². The molecular weight excluding hydrogens is 294 g/mol. The molecule has 0 bridgehead atoms. The van der Waals surface area contributed by atoms with Crippen LogP contribution < -0.4 is 0 Å². The fraction of sp³-hybridized carbons (Fsp3) is 0.357. The van der Waals surface area contributed by atoms with Crippen LogP contribution in [0.4, 0.5) is 0 Å². The number of aliphatic hydroxyl groups excluding tert-OH is 1. The Morgan fingerprint density at radius 3 is 3.11 bits per heavy atom. The van der Waals surface area contributed by atoms with Gasteiger partial charge in [-0.2, -0.15) is 0 Å². The average Bonchev–Trinajstić information content (AvgIpc) is 2.84. The predicted octanol–water partition coefficient (Wildman–Crippen LogP) is 2.45. The number of amides is 1. The molecule has 4 heteroatoms. The maximum absolute atomic E-state index is 12.0. The molecule has 0 unspecified atom stereocenters. The van der Waals surface area contributed by atoms with E-state index in [1.54, 1.807) is 17.1 Å². The number of hydrogen-bond donors (Lipinski definition) is 1. The van der Waals surface area contributed by atoms with Gasteiger partial charge in [0, 0.05) is 17.1 Å². The lowest BCUT2D eigenvalue weighted by molar-refractivity contribution is -0.127. The van der Waals surface area contributed by atoms with E-state index in [-0.39, 0.29) is 18.6 Å². The molecule has 0 aromatic heterocycles. The molecule has 0 saturated carbocycles. The number of nitrogens with zero attached hydrogens (tertiary/aromatic N) is 1. The van der Waals surface area contributed by atoms with Crippen molar-refractivity contribution in [1.82, 2.24) is 4.90 Å². The van der Waals surface area contributed by atoms with E-state index in [0.29, 0.717) is 0 Å². The van der Waals surface area contributed by atoms with Crippen LogP contribution in [0.2, 0.25) is 0 Å². The molecule has 1 amide bonds. The molecule has 1 saturated heterocycles. The molecule has 1 heterocycles. The van der Waals surface area contributed by atoms with E-state index in [1.807, 2.05) is 24.3 Å². The summed E-state index contributed by atoms with van der Waals surface area (Å²) in [5, 5.41) is 9.18. The third-order valence-electron chi connectivity index (χ3n) is 3.14. The SMILES string of the molecule is O=C(C=Cc1cccc(Br)c1)N1CCC[C@H]1CO. The van der Waals surface area contributed by atoms with Crippen molar-refractivity contribution in [3.05, 3.63) is 40.4 Å². The molecule has 1 atom stereocenters. The van der Waals surface area contributed by atoms with Gasteiger partial charge in [0.2, 0.25) is 5.91 Å². The number of rotatable bonds is 3. The number of halogens is 1. The molecule has 3 nitrogen and oxygen atoms in total. The van der Waals surface area contributed by atoms with Crippen LogP contribution in [0.3, 0.4) is 0 Å². The zero-order chi connectivity index (χ0) is 13.0. The van der Waals surface area contributed by atoms with Crippen LogP contribution >= 0.6 is 15.9 Å². The standard InChI is InChI=1S/C14H16BrNO2/c15-12-4-1-3-11(9-12)6-7-14(18)16-8-2-5-13(16)10-17/h1,3-4,6-7,9,13,17H,2,5,8,10H2/t13-/m0/s1. The molecule has 1 fully saturated rings. The number of carbonyl (C=O) groups is 1. The van der Waals surface area contributed by atoms with Gasteiger partial charge in [-0.1, -0.05) is 28.1 Å². The average molecular weight is 310 g/mol. The van der Waals surface area contributed by atoms with Gasteiger partial charge in [-0.15, -0.1) is 0 Å². The highest BCUT2D eigenvalue weighted by molar-refractivity contribution is 9.10. The second kappa shape index (κ2) is 6.16. The first-order valence-electron chi connectivity index (χ1n) is 6.06. The molecule has 1 aliphatic heterocycles. The third-order valence-corrected chi connectivity index (χ3v) is 3.63. The van der Waals surface area contributed by atoms with Gasteiger partial charge in [-0.25, -0.2) is 0 Å². The summed E-state index contributed by atoms with van der Waals surface area (Å²) in [5.41, 5.74) is 0.984. The first-order valence-corrected chi connectivity index (χ1v) is 6.85.